The highest BCUT2D eigenvalue weighted by Gasteiger charge is 2.02. The number of rotatable bonds is 9. The van der Waals surface area contributed by atoms with Crippen LogP contribution in [-0.2, 0) is 0 Å². The lowest BCUT2D eigenvalue weighted by Gasteiger charge is -2.12. The van der Waals surface area contributed by atoms with Crippen LogP contribution in [0.3, 0.4) is 0 Å². The maximum absolute atomic E-state index is 2.54. The van der Waals surface area contributed by atoms with Crippen molar-refractivity contribution in [2.45, 2.75) is 59.8 Å². The van der Waals surface area contributed by atoms with Gasteiger partial charge in [0.1, 0.15) is 0 Å². The number of hydrogen-bond acceptors (Lipinski definition) is 0. The minimum atomic E-state index is 0.218. The fourth-order valence-corrected chi connectivity index (χ4v) is 3.95. The summed E-state index contributed by atoms with van der Waals surface area (Å²) in [5, 5.41) is 0. The molecule has 0 aromatic rings. The molecule has 0 saturated heterocycles. The van der Waals surface area contributed by atoms with Crippen molar-refractivity contribution in [3.63, 3.8) is 0 Å². The lowest BCUT2D eigenvalue weighted by molar-refractivity contribution is 0.500. The zero-order valence-corrected chi connectivity index (χ0v) is 12.0. The van der Waals surface area contributed by atoms with Gasteiger partial charge in [-0.15, -0.1) is 0 Å². The lowest BCUT2D eigenvalue weighted by Crippen LogP contribution is -1.93. The molecule has 0 rings (SSSR count). The molecule has 1 heteroatoms. The monoisotopic (exact) mass is 228 g/mol. The van der Waals surface area contributed by atoms with E-state index < -0.39 is 0 Å². The van der Waals surface area contributed by atoms with Gasteiger partial charge in [-0.05, 0) is 24.7 Å². The van der Waals surface area contributed by atoms with E-state index in [2.05, 4.69) is 39.6 Å². The molecule has 90 valence electrons. The van der Waals surface area contributed by atoms with Crippen molar-refractivity contribution in [3.8, 4) is 0 Å². The third-order valence-corrected chi connectivity index (χ3v) is 5.64. The van der Waals surface area contributed by atoms with Crippen LogP contribution in [0.1, 0.15) is 59.8 Å². The first kappa shape index (κ1) is 15.2. The van der Waals surface area contributed by atoms with Crippen LogP contribution in [0.25, 0.3) is 0 Å². The summed E-state index contributed by atoms with van der Waals surface area (Å²) in [4.78, 5) is 0. The summed E-state index contributed by atoms with van der Waals surface area (Å²) in [6.45, 7) is 9.23. The van der Waals surface area contributed by atoms with Crippen molar-refractivity contribution in [1.29, 1.82) is 0 Å². The molecular formula is C14H29P. The zero-order chi connectivity index (χ0) is 11.5. The quantitative estimate of drug-likeness (QED) is 0.449. The Balaban J connectivity index is 3.86. The van der Waals surface area contributed by atoms with E-state index in [9.17, 15) is 0 Å². The van der Waals surface area contributed by atoms with Crippen LogP contribution in [0.15, 0.2) is 11.9 Å². The zero-order valence-electron chi connectivity index (χ0n) is 11.1. The molecule has 0 aliphatic heterocycles. The number of hydrogen-bond donors (Lipinski definition) is 0. The van der Waals surface area contributed by atoms with Gasteiger partial charge in [0.05, 0.1) is 0 Å². The highest BCUT2D eigenvalue weighted by Crippen LogP contribution is 2.38. The second-order valence-electron chi connectivity index (χ2n) is 4.34. The Labute approximate surface area is 98.3 Å². The highest BCUT2D eigenvalue weighted by atomic mass is 31.1. The van der Waals surface area contributed by atoms with Crippen LogP contribution >= 0.6 is 7.92 Å². The van der Waals surface area contributed by atoms with E-state index in [0.717, 1.165) is 5.92 Å². The molecule has 0 saturated carbocycles. The largest absolute Gasteiger partial charge is 0.0838 e. The molecule has 0 nitrogen and oxygen atoms in total. The minimum Gasteiger partial charge on any atom is -0.0838 e. The van der Waals surface area contributed by atoms with Gasteiger partial charge in [-0.1, -0.05) is 73.2 Å². The fraction of sp³-hybridized carbons (Fsp3) is 0.857. The van der Waals surface area contributed by atoms with E-state index in [-0.39, 0.29) is 7.92 Å². The van der Waals surface area contributed by atoms with Gasteiger partial charge in [-0.3, -0.25) is 0 Å². The van der Waals surface area contributed by atoms with E-state index in [1.165, 1.54) is 44.4 Å². The Bertz CT molecular complexity index is 141. The molecule has 0 atom stereocenters. The first-order chi connectivity index (χ1) is 7.28. The van der Waals surface area contributed by atoms with Gasteiger partial charge in [0, 0.05) is 0 Å². The summed E-state index contributed by atoms with van der Waals surface area (Å²) in [6, 6.07) is 0. The number of allylic oxidation sites excluding steroid dienone is 1. The normalized spacial score (nSPS) is 12.1. The molecule has 0 unspecified atom stereocenters. The topological polar surface area (TPSA) is 0 Å². The van der Waals surface area contributed by atoms with Crippen LogP contribution in [-0.4, -0.2) is 12.3 Å². The third-order valence-electron chi connectivity index (χ3n) is 2.96. The predicted octanol–water partition coefficient (Wildman–Crippen LogP) is 5.63. The van der Waals surface area contributed by atoms with Crippen molar-refractivity contribution >= 4 is 7.92 Å². The Hall–Kier alpha value is 0.170. The fourth-order valence-electron chi connectivity index (χ4n) is 1.86. The van der Waals surface area contributed by atoms with Gasteiger partial charge >= 0.3 is 0 Å². The van der Waals surface area contributed by atoms with Crippen molar-refractivity contribution < 1.29 is 0 Å². The molecule has 0 aromatic heterocycles. The molecule has 0 bridgehead atoms. The van der Waals surface area contributed by atoms with Crippen molar-refractivity contribution in [3.05, 3.63) is 11.9 Å². The highest BCUT2D eigenvalue weighted by molar-refractivity contribution is 7.60. The summed E-state index contributed by atoms with van der Waals surface area (Å²) >= 11 is 0. The summed E-state index contributed by atoms with van der Waals surface area (Å²) in [6.07, 6.45) is 12.0. The summed E-state index contributed by atoms with van der Waals surface area (Å²) in [7, 11) is 0.218. The standard InChI is InChI=1S/C14H29P/c1-5-11-15(12-6-2)13-9-10-14(7-3)8-4/h9,13-14H,5-8,10-12H2,1-4H3. The SMILES string of the molecule is CCCP(C=CCC(CC)CC)CCC. The molecule has 0 amide bonds. The predicted molar refractivity (Wildman–Crippen MR) is 75.1 cm³/mol. The molecule has 0 aromatic carbocycles. The van der Waals surface area contributed by atoms with Gasteiger partial charge in [0.25, 0.3) is 0 Å². The minimum absolute atomic E-state index is 0.218. The smallest absolute Gasteiger partial charge is 0.0294 e. The maximum atomic E-state index is 2.54. The average molecular weight is 228 g/mol. The second-order valence-corrected chi connectivity index (χ2v) is 6.71. The Morgan fingerprint density at radius 2 is 1.47 bits per heavy atom. The van der Waals surface area contributed by atoms with Crippen molar-refractivity contribution in [2.75, 3.05) is 12.3 Å². The molecule has 0 radical (unpaired) electrons. The van der Waals surface area contributed by atoms with E-state index in [1.807, 2.05) is 0 Å². The van der Waals surface area contributed by atoms with E-state index in [0.29, 0.717) is 0 Å². The summed E-state index contributed by atoms with van der Waals surface area (Å²) in [5.41, 5.74) is 0. The van der Waals surface area contributed by atoms with E-state index in [1.54, 1.807) is 0 Å². The van der Waals surface area contributed by atoms with Crippen LogP contribution in [0, 0.1) is 5.92 Å². The third kappa shape index (κ3) is 8.03. The molecule has 0 heterocycles. The summed E-state index contributed by atoms with van der Waals surface area (Å²) < 4.78 is 0. The molecule has 0 N–H and O–H groups in total. The molecule has 15 heavy (non-hydrogen) atoms. The first-order valence-corrected chi connectivity index (χ1v) is 8.47. The van der Waals surface area contributed by atoms with Gasteiger partial charge < -0.3 is 0 Å². The Morgan fingerprint density at radius 3 is 1.87 bits per heavy atom. The first-order valence-electron chi connectivity index (χ1n) is 6.69. The average Bonchev–Trinajstić information content (AvgIpc) is 2.25. The van der Waals surface area contributed by atoms with Crippen LogP contribution in [0.4, 0.5) is 0 Å². The maximum Gasteiger partial charge on any atom is -0.0294 e. The molecule has 0 aliphatic carbocycles. The van der Waals surface area contributed by atoms with E-state index in [4.69, 9.17) is 0 Å². The van der Waals surface area contributed by atoms with Crippen LogP contribution < -0.4 is 0 Å². The molecule has 0 fully saturated rings. The second kappa shape index (κ2) is 10.7. The van der Waals surface area contributed by atoms with Gasteiger partial charge in [0.15, 0.2) is 0 Å². The molecular weight excluding hydrogens is 199 g/mol. The van der Waals surface area contributed by atoms with Gasteiger partial charge in [-0.25, -0.2) is 0 Å². The lowest BCUT2D eigenvalue weighted by atomic mass is 10.00. The van der Waals surface area contributed by atoms with Crippen LogP contribution in [0.5, 0.6) is 0 Å². The Kier molecular flexibility index (Phi) is 10.8. The summed E-state index contributed by atoms with van der Waals surface area (Å²) in [5.74, 6) is 3.46. The van der Waals surface area contributed by atoms with E-state index >= 15 is 0 Å². The van der Waals surface area contributed by atoms with Gasteiger partial charge in [-0.2, -0.15) is 0 Å². The molecule has 0 spiro atoms. The van der Waals surface area contributed by atoms with Crippen molar-refractivity contribution in [1.82, 2.24) is 0 Å². The molecule has 0 aliphatic rings. The van der Waals surface area contributed by atoms with Crippen LogP contribution in [0.2, 0.25) is 0 Å². The Morgan fingerprint density at radius 1 is 0.933 bits per heavy atom. The van der Waals surface area contributed by atoms with Crippen molar-refractivity contribution in [2.24, 2.45) is 5.92 Å². The van der Waals surface area contributed by atoms with Gasteiger partial charge in [0.2, 0.25) is 0 Å².